The zero-order valence-electron chi connectivity index (χ0n) is 10.2. The van der Waals surface area contributed by atoms with E-state index in [1.807, 2.05) is 0 Å². The summed E-state index contributed by atoms with van der Waals surface area (Å²) in [6, 6.07) is 0. The molecule has 0 aromatic heterocycles. The summed E-state index contributed by atoms with van der Waals surface area (Å²) in [5.74, 6) is 0.805. The van der Waals surface area contributed by atoms with E-state index in [-0.39, 0.29) is 5.75 Å². The van der Waals surface area contributed by atoms with Crippen LogP contribution in [0.1, 0.15) is 46.0 Å². The highest BCUT2D eigenvalue weighted by atomic mass is 35.7. The van der Waals surface area contributed by atoms with E-state index in [2.05, 4.69) is 13.8 Å². The lowest BCUT2D eigenvalue weighted by atomic mass is 10.1. The summed E-state index contributed by atoms with van der Waals surface area (Å²) in [6.07, 6.45) is 4.88. The Labute approximate surface area is 104 Å². The molecule has 0 fully saturated rings. The van der Waals surface area contributed by atoms with Crippen molar-refractivity contribution in [3.8, 4) is 0 Å². The standard InChI is InChI=1S/C11H23ClO3S/c1-11(2)7-3-4-8-15-9-5-6-10-16(12,13)14/h11H,3-10H2,1-2H3. The third-order valence-corrected chi connectivity index (χ3v) is 3.49. The Bertz CT molecular complexity index is 250. The Morgan fingerprint density at radius 2 is 1.62 bits per heavy atom. The van der Waals surface area contributed by atoms with Gasteiger partial charge in [-0.2, -0.15) is 0 Å². The minimum atomic E-state index is -3.32. The molecule has 16 heavy (non-hydrogen) atoms. The van der Waals surface area contributed by atoms with E-state index in [0.29, 0.717) is 13.0 Å². The Kier molecular flexibility index (Phi) is 9.37. The van der Waals surface area contributed by atoms with E-state index in [9.17, 15) is 8.42 Å². The summed E-state index contributed by atoms with van der Waals surface area (Å²) in [7, 11) is 1.76. The molecule has 0 radical (unpaired) electrons. The highest BCUT2D eigenvalue weighted by Gasteiger charge is 2.03. The fourth-order valence-electron chi connectivity index (χ4n) is 1.34. The van der Waals surface area contributed by atoms with E-state index < -0.39 is 9.05 Å². The molecule has 0 spiro atoms. The molecule has 0 aromatic carbocycles. The third kappa shape index (κ3) is 14.2. The molecule has 0 atom stereocenters. The van der Waals surface area contributed by atoms with Gasteiger partial charge in [0.05, 0.1) is 5.75 Å². The van der Waals surface area contributed by atoms with Gasteiger partial charge >= 0.3 is 0 Å². The van der Waals surface area contributed by atoms with Crippen LogP contribution in [0.5, 0.6) is 0 Å². The highest BCUT2D eigenvalue weighted by Crippen LogP contribution is 2.06. The van der Waals surface area contributed by atoms with Crippen molar-refractivity contribution in [3.05, 3.63) is 0 Å². The first-order valence-electron chi connectivity index (χ1n) is 5.92. The summed E-state index contributed by atoms with van der Waals surface area (Å²) in [6.45, 7) is 5.84. The molecule has 0 unspecified atom stereocenters. The van der Waals surface area contributed by atoms with Crippen LogP contribution in [0.25, 0.3) is 0 Å². The van der Waals surface area contributed by atoms with Crippen molar-refractivity contribution in [1.82, 2.24) is 0 Å². The van der Waals surface area contributed by atoms with Crippen molar-refractivity contribution in [2.45, 2.75) is 46.0 Å². The summed E-state index contributed by atoms with van der Waals surface area (Å²) >= 11 is 0. The van der Waals surface area contributed by atoms with Gasteiger partial charge in [0, 0.05) is 23.9 Å². The second kappa shape index (κ2) is 9.25. The zero-order valence-corrected chi connectivity index (χ0v) is 11.8. The molecule has 3 nitrogen and oxygen atoms in total. The maximum Gasteiger partial charge on any atom is 0.232 e. The van der Waals surface area contributed by atoms with Gasteiger partial charge in [-0.3, -0.25) is 0 Å². The Hall–Kier alpha value is 0.200. The normalized spacial score (nSPS) is 12.2. The first-order valence-corrected chi connectivity index (χ1v) is 8.40. The molecule has 0 amide bonds. The van der Waals surface area contributed by atoms with Gasteiger partial charge in [-0.05, 0) is 25.2 Å². The van der Waals surface area contributed by atoms with Crippen LogP contribution in [0.4, 0.5) is 0 Å². The molecule has 0 aliphatic rings. The summed E-state index contributed by atoms with van der Waals surface area (Å²) in [5.41, 5.74) is 0. The van der Waals surface area contributed by atoms with Gasteiger partial charge in [0.15, 0.2) is 0 Å². The van der Waals surface area contributed by atoms with Crippen molar-refractivity contribution in [2.24, 2.45) is 5.92 Å². The Balaban J connectivity index is 3.10. The summed E-state index contributed by atoms with van der Waals surface area (Å²) < 4.78 is 26.6. The predicted octanol–water partition coefficient (Wildman–Crippen LogP) is 3.18. The van der Waals surface area contributed by atoms with Crippen LogP contribution in [0, 0.1) is 5.92 Å². The van der Waals surface area contributed by atoms with Crippen molar-refractivity contribution >= 4 is 19.7 Å². The lowest BCUT2D eigenvalue weighted by molar-refractivity contribution is 0.126. The lowest BCUT2D eigenvalue weighted by Gasteiger charge is -2.05. The minimum Gasteiger partial charge on any atom is -0.381 e. The molecule has 0 aliphatic heterocycles. The maximum atomic E-state index is 10.6. The first kappa shape index (κ1) is 16.2. The number of hydrogen-bond acceptors (Lipinski definition) is 3. The van der Waals surface area contributed by atoms with Crippen molar-refractivity contribution < 1.29 is 13.2 Å². The molecular formula is C11H23ClO3S. The SMILES string of the molecule is CC(C)CCCCOCCCCS(=O)(=O)Cl. The van der Waals surface area contributed by atoms with Gasteiger partial charge < -0.3 is 4.74 Å². The fraction of sp³-hybridized carbons (Fsp3) is 1.00. The number of ether oxygens (including phenoxy) is 1. The zero-order chi connectivity index (χ0) is 12.4. The fourth-order valence-corrected chi connectivity index (χ4v) is 2.21. The molecule has 0 aliphatic carbocycles. The van der Waals surface area contributed by atoms with Gasteiger partial charge in [-0.25, -0.2) is 8.42 Å². The Morgan fingerprint density at radius 1 is 1.06 bits per heavy atom. The molecule has 0 saturated carbocycles. The van der Waals surface area contributed by atoms with E-state index in [1.54, 1.807) is 0 Å². The lowest BCUT2D eigenvalue weighted by Crippen LogP contribution is -2.02. The second-order valence-corrected chi connectivity index (χ2v) is 7.35. The van der Waals surface area contributed by atoms with Crippen molar-refractivity contribution in [3.63, 3.8) is 0 Å². The molecule has 0 bridgehead atoms. The van der Waals surface area contributed by atoms with Crippen LogP contribution in [0.3, 0.4) is 0 Å². The van der Waals surface area contributed by atoms with Crippen molar-refractivity contribution in [1.29, 1.82) is 0 Å². The van der Waals surface area contributed by atoms with Crippen LogP contribution < -0.4 is 0 Å². The number of unbranched alkanes of at least 4 members (excludes halogenated alkanes) is 2. The minimum absolute atomic E-state index is 0.0469. The molecule has 98 valence electrons. The van der Waals surface area contributed by atoms with Gasteiger partial charge in [-0.1, -0.05) is 26.7 Å². The number of hydrogen-bond donors (Lipinski definition) is 0. The van der Waals surface area contributed by atoms with Crippen molar-refractivity contribution in [2.75, 3.05) is 19.0 Å². The van der Waals surface area contributed by atoms with Gasteiger partial charge in [0.25, 0.3) is 0 Å². The largest absolute Gasteiger partial charge is 0.381 e. The van der Waals surface area contributed by atoms with E-state index in [1.165, 1.54) is 12.8 Å². The number of rotatable bonds is 10. The van der Waals surface area contributed by atoms with Crippen LogP contribution in [0.2, 0.25) is 0 Å². The van der Waals surface area contributed by atoms with E-state index in [0.717, 1.165) is 25.4 Å². The summed E-state index contributed by atoms with van der Waals surface area (Å²) in [5, 5.41) is 0. The van der Waals surface area contributed by atoms with E-state index in [4.69, 9.17) is 15.4 Å². The van der Waals surface area contributed by atoms with Gasteiger partial charge in [-0.15, -0.1) is 0 Å². The average Bonchev–Trinajstić information content (AvgIpc) is 2.13. The van der Waals surface area contributed by atoms with Gasteiger partial charge in [0.2, 0.25) is 9.05 Å². The molecule has 0 rings (SSSR count). The van der Waals surface area contributed by atoms with Crippen LogP contribution in [-0.4, -0.2) is 27.4 Å². The van der Waals surface area contributed by atoms with E-state index >= 15 is 0 Å². The third-order valence-electron chi connectivity index (χ3n) is 2.25. The monoisotopic (exact) mass is 270 g/mol. The quantitative estimate of drug-likeness (QED) is 0.452. The number of halogens is 1. The van der Waals surface area contributed by atoms with Crippen LogP contribution >= 0.6 is 10.7 Å². The second-order valence-electron chi connectivity index (χ2n) is 4.45. The Morgan fingerprint density at radius 3 is 2.12 bits per heavy atom. The molecule has 0 N–H and O–H groups in total. The highest BCUT2D eigenvalue weighted by molar-refractivity contribution is 8.13. The average molecular weight is 271 g/mol. The van der Waals surface area contributed by atoms with Gasteiger partial charge in [0.1, 0.15) is 0 Å². The van der Waals surface area contributed by atoms with Crippen LogP contribution in [-0.2, 0) is 13.8 Å². The smallest absolute Gasteiger partial charge is 0.232 e. The molecular weight excluding hydrogens is 248 g/mol. The molecule has 0 heterocycles. The maximum absolute atomic E-state index is 10.6. The van der Waals surface area contributed by atoms with Crippen LogP contribution in [0.15, 0.2) is 0 Å². The summed E-state index contributed by atoms with van der Waals surface area (Å²) in [4.78, 5) is 0. The predicted molar refractivity (Wildman–Crippen MR) is 68.4 cm³/mol. The molecule has 5 heteroatoms. The molecule has 0 saturated heterocycles. The topological polar surface area (TPSA) is 43.4 Å². The first-order chi connectivity index (χ1) is 7.42. The molecule has 0 aromatic rings.